The average molecular weight is 364 g/mol. The van der Waals surface area contributed by atoms with Crippen molar-refractivity contribution in [2.45, 2.75) is 12.8 Å². The van der Waals surface area contributed by atoms with E-state index in [0.717, 1.165) is 18.4 Å². The molecule has 4 heterocycles. The minimum absolute atomic E-state index is 0.0457. The molecular formula is C18H24N2O4S. The SMILES string of the molecule is O=C(c1ccsc1)N1C[C@H](C(=O)N2CCOCC2)C2(CCOCC2)C1. The number of thiophene rings is 1. The molecule has 6 nitrogen and oxygen atoms in total. The van der Waals surface area contributed by atoms with Gasteiger partial charge in [-0.2, -0.15) is 11.3 Å². The second-order valence-electron chi connectivity index (χ2n) is 7.16. The van der Waals surface area contributed by atoms with Crippen molar-refractivity contribution in [3.8, 4) is 0 Å². The number of ether oxygens (including phenoxy) is 2. The van der Waals surface area contributed by atoms with E-state index in [4.69, 9.17) is 9.47 Å². The topological polar surface area (TPSA) is 59.1 Å². The summed E-state index contributed by atoms with van der Waals surface area (Å²) in [4.78, 5) is 29.9. The normalized spacial score (nSPS) is 26.2. The molecule has 0 unspecified atom stereocenters. The zero-order chi connectivity index (χ0) is 17.3. The first kappa shape index (κ1) is 17.0. The van der Waals surface area contributed by atoms with Crippen LogP contribution in [0, 0.1) is 11.3 Å². The Hall–Kier alpha value is -1.44. The number of hydrogen-bond acceptors (Lipinski definition) is 5. The number of nitrogens with zero attached hydrogens (tertiary/aromatic N) is 2. The van der Waals surface area contributed by atoms with E-state index in [9.17, 15) is 9.59 Å². The Morgan fingerprint density at radius 1 is 1.08 bits per heavy atom. The van der Waals surface area contributed by atoms with Crippen LogP contribution in [0.25, 0.3) is 0 Å². The Morgan fingerprint density at radius 3 is 2.48 bits per heavy atom. The number of morpholine rings is 1. The van der Waals surface area contributed by atoms with E-state index in [2.05, 4.69) is 0 Å². The molecule has 1 aromatic rings. The number of amides is 2. The fourth-order valence-electron chi connectivity index (χ4n) is 4.32. The van der Waals surface area contributed by atoms with E-state index in [0.29, 0.717) is 52.6 Å². The minimum atomic E-state index is -0.140. The number of carbonyl (C=O) groups excluding carboxylic acids is 2. The highest BCUT2D eigenvalue weighted by Crippen LogP contribution is 2.45. The molecule has 0 radical (unpaired) electrons. The summed E-state index contributed by atoms with van der Waals surface area (Å²) in [6, 6.07) is 1.86. The van der Waals surface area contributed by atoms with Crippen molar-refractivity contribution in [1.29, 1.82) is 0 Å². The lowest BCUT2D eigenvalue weighted by Gasteiger charge is -2.39. The van der Waals surface area contributed by atoms with Gasteiger partial charge in [0.1, 0.15) is 0 Å². The molecule has 3 aliphatic rings. The molecule has 0 aliphatic carbocycles. The molecule has 2 amide bonds. The summed E-state index contributed by atoms with van der Waals surface area (Å²) < 4.78 is 10.9. The van der Waals surface area contributed by atoms with Gasteiger partial charge in [0.25, 0.3) is 5.91 Å². The maximum absolute atomic E-state index is 13.2. The molecule has 0 saturated carbocycles. The van der Waals surface area contributed by atoms with Gasteiger partial charge in [0.15, 0.2) is 0 Å². The highest BCUT2D eigenvalue weighted by atomic mass is 32.1. The molecule has 4 rings (SSSR count). The van der Waals surface area contributed by atoms with Crippen molar-refractivity contribution in [2.24, 2.45) is 11.3 Å². The Kier molecular flexibility index (Phi) is 4.80. The van der Waals surface area contributed by atoms with E-state index in [1.54, 1.807) is 0 Å². The van der Waals surface area contributed by atoms with Crippen LogP contribution in [-0.4, -0.2) is 74.2 Å². The molecule has 1 spiro atoms. The maximum atomic E-state index is 13.2. The zero-order valence-corrected chi connectivity index (χ0v) is 15.1. The van der Waals surface area contributed by atoms with Crippen LogP contribution in [0.2, 0.25) is 0 Å². The number of likely N-dealkylation sites (tertiary alicyclic amines) is 1. The summed E-state index contributed by atoms with van der Waals surface area (Å²) in [5.74, 6) is 0.104. The van der Waals surface area contributed by atoms with Crippen molar-refractivity contribution in [3.63, 3.8) is 0 Å². The van der Waals surface area contributed by atoms with Gasteiger partial charge in [0.05, 0.1) is 24.7 Å². The molecule has 7 heteroatoms. The van der Waals surface area contributed by atoms with Gasteiger partial charge in [0.2, 0.25) is 5.91 Å². The summed E-state index contributed by atoms with van der Waals surface area (Å²) in [6.07, 6.45) is 1.70. The first-order valence-electron chi connectivity index (χ1n) is 8.95. The molecular weight excluding hydrogens is 340 g/mol. The summed E-state index contributed by atoms with van der Waals surface area (Å²) in [5.41, 5.74) is 0.589. The van der Waals surface area contributed by atoms with Crippen LogP contribution in [0.5, 0.6) is 0 Å². The van der Waals surface area contributed by atoms with Crippen LogP contribution in [0.15, 0.2) is 16.8 Å². The molecule has 1 atom stereocenters. The van der Waals surface area contributed by atoms with E-state index < -0.39 is 0 Å². The van der Waals surface area contributed by atoms with Gasteiger partial charge in [-0.1, -0.05) is 0 Å². The van der Waals surface area contributed by atoms with Crippen molar-refractivity contribution >= 4 is 23.2 Å². The third-order valence-electron chi connectivity index (χ3n) is 5.81. The quantitative estimate of drug-likeness (QED) is 0.798. The highest BCUT2D eigenvalue weighted by molar-refractivity contribution is 7.08. The molecule has 3 aliphatic heterocycles. The third-order valence-corrected chi connectivity index (χ3v) is 6.50. The first-order valence-corrected chi connectivity index (χ1v) is 9.90. The van der Waals surface area contributed by atoms with Crippen molar-refractivity contribution in [1.82, 2.24) is 9.80 Å². The predicted octanol–water partition coefficient (Wildman–Crippen LogP) is 1.48. The van der Waals surface area contributed by atoms with Crippen LogP contribution >= 0.6 is 11.3 Å². The molecule has 25 heavy (non-hydrogen) atoms. The Bertz CT molecular complexity index is 621. The van der Waals surface area contributed by atoms with Gasteiger partial charge in [-0.05, 0) is 24.3 Å². The fraction of sp³-hybridized carbons (Fsp3) is 0.667. The van der Waals surface area contributed by atoms with Crippen LogP contribution in [0.1, 0.15) is 23.2 Å². The fourth-order valence-corrected chi connectivity index (χ4v) is 4.95. The monoisotopic (exact) mass is 364 g/mol. The molecule has 3 fully saturated rings. The second-order valence-corrected chi connectivity index (χ2v) is 7.94. The maximum Gasteiger partial charge on any atom is 0.254 e. The smallest absolute Gasteiger partial charge is 0.254 e. The molecule has 0 bridgehead atoms. The predicted molar refractivity (Wildman–Crippen MR) is 93.6 cm³/mol. The summed E-state index contributed by atoms with van der Waals surface area (Å²) in [5, 5.41) is 3.81. The van der Waals surface area contributed by atoms with Gasteiger partial charge < -0.3 is 19.3 Å². The van der Waals surface area contributed by atoms with Crippen LogP contribution in [-0.2, 0) is 14.3 Å². The minimum Gasteiger partial charge on any atom is -0.381 e. The summed E-state index contributed by atoms with van der Waals surface area (Å²) in [6.45, 7) is 5.04. The Morgan fingerprint density at radius 2 is 1.80 bits per heavy atom. The van der Waals surface area contributed by atoms with E-state index in [1.165, 1.54) is 11.3 Å². The number of hydrogen-bond donors (Lipinski definition) is 0. The van der Waals surface area contributed by atoms with E-state index in [-0.39, 0.29) is 23.1 Å². The van der Waals surface area contributed by atoms with Crippen LogP contribution < -0.4 is 0 Å². The lowest BCUT2D eigenvalue weighted by Crippen LogP contribution is -2.49. The lowest BCUT2D eigenvalue weighted by atomic mass is 9.71. The van der Waals surface area contributed by atoms with Crippen LogP contribution in [0.4, 0.5) is 0 Å². The van der Waals surface area contributed by atoms with Gasteiger partial charge in [-0.15, -0.1) is 0 Å². The van der Waals surface area contributed by atoms with Gasteiger partial charge in [-0.25, -0.2) is 0 Å². The Labute approximate surface area is 151 Å². The molecule has 0 aromatic carbocycles. The standard InChI is InChI=1S/C18H24N2O4S/c21-16(14-1-10-25-12-14)20-11-15(17(22)19-4-8-24-9-5-19)18(13-20)2-6-23-7-3-18/h1,10,12,15H,2-9,11,13H2/t15-/m1/s1. The zero-order valence-electron chi connectivity index (χ0n) is 14.3. The first-order chi connectivity index (χ1) is 12.2. The lowest BCUT2D eigenvalue weighted by molar-refractivity contribution is -0.144. The van der Waals surface area contributed by atoms with Crippen LogP contribution in [0.3, 0.4) is 0 Å². The van der Waals surface area contributed by atoms with Gasteiger partial charge in [0, 0.05) is 50.2 Å². The molecule has 0 N–H and O–H groups in total. The molecule has 1 aromatic heterocycles. The third kappa shape index (κ3) is 3.20. The largest absolute Gasteiger partial charge is 0.381 e. The van der Waals surface area contributed by atoms with Gasteiger partial charge >= 0.3 is 0 Å². The van der Waals surface area contributed by atoms with Crippen molar-refractivity contribution in [2.75, 3.05) is 52.6 Å². The van der Waals surface area contributed by atoms with Gasteiger partial charge in [-0.3, -0.25) is 9.59 Å². The molecule has 3 saturated heterocycles. The van der Waals surface area contributed by atoms with Crippen molar-refractivity contribution in [3.05, 3.63) is 22.4 Å². The second kappa shape index (κ2) is 7.05. The number of rotatable bonds is 2. The number of carbonyl (C=O) groups is 2. The van der Waals surface area contributed by atoms with E-state index in [1.807, 2.05) is 26.6 Å². The summed E-state index contributed by atoms with van der Waals surface area (Å²) >= 11 is 1.53. The van der Waals surface area contributed by atoms with E-state index >= 15 is 0 Å². The Balaban J connectivity index is 1.56. The average Bonchev–Trinajstić information content (AvgIpc) is 3.31. The molecule has 136 valence electrons. The van der Waals surface area contributed by atoms with Crippen molar-refractivity contribution < 1.29 is 19.1 Å². The summed E-state index contributed by atoms with van der Waals surface area (Å²) in [7, 11) is 0. The highest BCUT2D eigenvalue weighted by Gasteiger charge is 2.52.